The number of piperazine rings is 1. The van der Waals surface area contributed by atoms with Crippen molar-refractivity contribution in [1.82, 2.24) is 9.88 Å². The molecular weight excluding hydrogens is 446 g/mol. The summed E-state index contributed by atoms with van der Waals surface area (Å²) in [5, 5.41) is 13.7. The first-order valence-corrected chi connectivity index (χ1v) is 10.6. The number of rotatable bonds is 5. The fourth-order valence-corrected chi connectivity index (χ4v) is 3.78. The number of aromatic nitrogens is 1. The van der Waals surface area contributed by atoms with Gasteiger partial charge in [-0.15, -0.1) is 0 Å². The number of nitrogens with one attached hydrogen (secondary N) is 1. The van der Waals surface area contributed by atoms with E-state index in [4.69, 9.17) is 11.6 Å². The van der Waals surface area contributed by atoms with Gasteiger partial charge in [0, 0.05) is 61.6 Å². The highest BCUT2D eigenvalue weighted by molar-refractivity contribution is 6.32. The monoisotopic (exact) mass is 465 g/mol. The molecule has 2 amide bonds. The van der Waals surface area contributed by atoms with Gasteiger partial charge in [0.05, 0.1) is 10.5 Å². The van der Waals surface area contributed by atoms with E-state index in [1.54, 1.807) is 36.7 Å². The summed E-state index contributed by atoms with van der Waals surface area (Å²) >= 11 is 5.80. The number of hydrogen-bond donors (Lipinski definition) is 1. The minimum Gasteiger partial charge on any atom is -0.368 e. The summed E-state index contributed by atoms with van der Waals surface area (Å²) in [6, 6.07) is 14.7. The lowest BCUT2D eigenvalue weighted by atomic mass is 10.1. The summed E-state index contributed by atoms with van der Waals surface area (Å²) in [4.78, 5) is 43.4. The van der Waals surface area contributed by atoms with E-state index >= 15 is 0 Å². The Morgan fingerprint density at radius 2 is 1.73 bits per heavy atom. The Morgan fingerprint density at radius 3 is 2.36 bits per heavy atom. The molecule has 0 saturated carbocycles. The molecule has 0 radical (unpaired) electrons. The van der Waals surface area contributed by atoms with Gasteiger partial charge in [-0.2, -0.15) is 0 Å². The minimum absolute atomic E-state index is 0.0248. The number of anilines is 2. The second-order valence-corrected chi connectivity index (χ2v) is 7.85. The SMILES string of the molecule is O=C(Nc1ccc(N2CCN(C(=O)c3cccnc3)CC2)cc1)c1ccc(Cl)c([N+](=O)[O-])c1. The van der Waals surface area contributed by atoms with Crippen LogP contribution in [0.3, 0.4) is 0 Å². The lowest BCUT2D eigenvalue weighted by molar-refractivity contribution is -0.384. The van der Waals surface area contributed by atoms with E-state index in [9.17, 15) is 19.7 Å². The largest absolute Gasteiger partial charge is 0.368 e. The summed E-state index contributed by atoms with van der Waals surface area (Å²) < 4.78 is 0. The van der Waals surface area contributed by atoms with E-state index in [2.05, 4.69) is 15.2 Å². The number of carbonyl (C=O) groups is 2. The van der Waals surface area contributed by atoms with Crippen LogP contribution in [0.4, 0.5) is 17.1 Å². The molecular formula is C23H20ClN5O4. The quantitative estimate of drug-likeness (QED) is 0.452. The van der Waals surface area contributed by atoms with Crippen LogP contribution in [0, 0.1) is 10.1 Å². The molecule has 1 fully saturated rings. The molecule has 0 spiro atoms. The molecule has 10 heteroatoms. The van der Waals surface area contributed by atoms with Crippen molar-refractivity contribution in [2.24, 2.45) is 0 Å². The maximum absolute atomic E-state index is 12.6. The number of nitrogens with zero attached hydrogens (tertiary/aromatic N) is 4. The Labute approximate surface area is 194 Å². The van der Waals surface area contributed by atoms with Crippen molar-refractivity contribution in [2.75, 3.05) is 36.4 Å². The lowest BCUT2D eigenvalue weighted by Crippen LogP contribution is -2.48. The van der Waals surface area contributed by atoms with Gasteiger partial charge in [0.15, 0.2) is 0 Å². The molecule has 3 aromatic rings. The maximum Gasteiger partial charge on any atom is 0.288 e. The number of amides is 2. The van der Waals surface area contributed by atoms with Crippen molar-refractivity contribution < 1.29 is 14.5 Å². The topological polar surface area (TPSA) is 109 Å². The Bertz CT molecular complexity index is 1180. The van der Waals surface area contributed by atoms with E-state index in [0.717, 1.165) is 11.8 Å². The van der Waals surface area contributed by atoms with Crippen molar-refractivity contribution in [1.29, 1.82) is 0 Å². The Morgan fingerprint density at radius 1 is 1.00 bits per heavy atom. The summed E-state index contributed by atoms with van der Waals surface area (Å²) in [5.74, 6) is -0.492. The third kappa shape index (κ3) is 5.09. The van der Waals surface area contributed by atoms with Crippen LogP contribution < -0.4 is 10.2 Å². The van der Waals surface area contributed by atoms with Gasteiger partial charge in [-0.3, -0.25) is 24.7 Å². The van der Waals surface area contributed by atoms with Crippen LogP contribution >= 0.6 is 11.6 Å². The highest BCUT2D eigenvalue weighted by Gasteiger charge is 2.22. The number of halogens is 1. The van der Waals surface area contributed by atoms with Gasteiger partial charge < -0.3 is 15.1 Å². The van der Waals surface area contributed by atoms with Gasteiger partial charge in [-0.1, -0.05) is 11.6 Å². The summed E-state index contributed by atoms with van der Waals surface area (Å²) in [5.41, 5.74) is 1.94. The fraction of sp³-hybridized carbons (Fsp3) is 0.174. The van der Waals surface area contributed by atoms with Gasteiger partial charge in [0.25, 0.3) is 17.5 Å². The number of carbonyl (C=O) groups excluding carboxylic acids is 2. The molecule has 0 unspecified atom stereocenters. The molecule has 0 atom stereocenters. The van der Waals surface area contributed by atoms with Crippen molar-refractivity contribution in [3.05, 3.63) is 93.3 Å². The first-order valence-electron chi connectivity index (χ1n) is 10.2. The molecule has 2 heterocycles. The molecule has 1 saturated heterocycles. The first kappa shape index (κ1) is 22.2. The molecule has 2 aromatic carbocycles. The Balaban J connectivity index is 1.35. The highest BCUT2D eigenvalue weighted by Crippen LogP contribution is 2.26. The van der Waals surface area contributed by atoms with Crippen LogP contribution in [0.5, 0.6) is 0 Å². The molecule has 33 heavy (non-hydrogen) atoms. The molecule has 1 N–H and O–H groups in total. The number of hydrogen-bond acceptors (Lipinski definition) is 6. The summed E-state index contributed by atoms with van der Waals surface area (Å²) in [6.07, 6.45) is 3.21. The van der Waals surface area contributed by atoms with Crippen LogP contribution in [0.1, 0.15) is 20.7 Å². The van der Waals surface area contributed by atoms with Gasteiger partial charge in [-0.05, 0) is 48.5 Å². The van der Waals surface area contributed by atoms with Crippen LogP contribution in [-0.2, 0) is 0 Å². The minimum atomic E-state index is -0.627. The molecule has 1 aromatic heterocycles. The molecule has 0 bridgehead atoms. The number of pyridine rings is 1. The van der Waals surface area contributed by atoms with Crippen molar-refractivity contribution >= 4 is 40.5 Å². The smallest absolute Gasteiger partial charge is 0.288 e. The fourth-order valence-electron chi connectivity index (χ4n) is 3.59. The summed E-state index contributed by atoms with van der Waals surface area (Å²) in [6.45, 7) is 2.57. The molecule has 1 aliphatic heterocycles. The predicted molar refractivity (Wildman–Crippen MR) is 125 cm³/mol. The standard InChI is InChI=1S/C23H20ClN5O4/c24-20-8-3-16(14-21(20)29(32)33)22(30)26-18-4-6-19(7-5-18)27-10-12-28(13-11-27)23(31)17-2-1-9-25-15-17/h1-9,14-15H,10-13H2,(H,26,30). The second kappa shape index (κ2) is 9.66. The number of benzene rings is 2. The third-order valence-corrected chi connectivity index (χ3v) is 5.69. The molecule has 9 nitrogen and oxygen atoms in total. The van der Waals surface area contributed by atoms with Crippen molar-refractivity contribution in [3.8, 4) is 0 Å². The highest BCUT2D eigenvalue weighted by atomic mass is 35.5. The third-order valence-electron chi connectivity index (χ3n) is 5.37. The lowest BCUT2D eigenvalue weighted by Gasteiger charge is -2.36. The molecule has 4 rings (SSSR count). The van der Waals surface area contributed by atoms with Gasteiger partial charge in [-0.25, -0.2) is 0 Å². The van der Waals surface area contributed by atoms with Crippen LogP contribution in [-0.4, -0.2) is 52.8 Å². The average Bonchev–Trinajstić information content (AvgIpc) is 2.85. The van der Waals surface area contributed by atoms with Crippen molar-refractivity contribution in [3.63, 3.8) is 0 Å². The number of nitro groups is 1. The van der Waals surface area contributed by atoms with E-state index in [1.165, 1.54) is 12.1 Å². The molecule has 168 valence electrons. The Hall–Kier alpha value is -3.98. The predicted octanol–water partition coefficient (Wildman–Crippen LogP) is 3.86. The average molecular weight is 466 g/mol. The zero-order valence-electron chi connectivity index (χ0n) is 17.5. The van der Waals surface area contributed by atoms with Gasteiger partial charge in [0.2, 0.25) is 0 Å². The zero-order chi connectivity index (χ0) is 23.4. The molecule has 0 aliphatic carbocycles. The van der Waals surface area contributed by atoms with Crippen molar-refractivity contribution in [2.45, 2.75) is 0 Å². The second-order valence-electron chi connectivity index (χ2n) is 7.45. The number of nitro benzene ring substituents is 1. The Kier molecular flexibility index (Phi) is 6.50. The van der Waals surface area contributed by atoms with Crippen LogP contribution in [0.2, 0.25) is 5.02 Å². The van der Waals surface area contributed by atoms with E-state index in [-0.39, 0.29) is 22.2 Å². The van der Waals surface area contributed by atoms with E-state index < -0.39 is 10.8 Å². The van der Waals surface area contributed by atoms with E-state index in [0.29, 0.717) is 37.4 Å². The molecule has 1 aliphatic rings. The van der Waals surface area contributed by atoms with Crippen LogP contribution in [0.15, 0.2) is 67.0 Å². The van der Waals surface area contributed by atoms with Gasteiger partial charge >= 0.3 is 0 Å². The summed E-state index contributed by atoms with van der Waals surface area (Å²) in [7, 11) is 0. The normalized spacial score (nSPS) is 13.5. The van der Waals surface area contributed by atoms with Crippen LogP contribution in [0.25, 0.3) is 0 Å². The first-order chi connectivity index (χ1) is 15.9. The van der Waals surface area contributed by atoms with Gasteiger partial charge in [0.1, 0.15) is 5.02 Å². The van der Waals surface area contributed by atoms with E-state index in [1.807, 2.05) is 17.0 Å². The zero-order valence-corrected chi connectivity index (χ0v) is 18.2. The maximum atomic E-state index is 12.6.